The maximum absolute atomic E-state index is 12.1. The summed E-state index contributed by atoms with van der Waals surface area (Å²) in [6.07, 6.45) is 1.27. The van der Waals surface area contributed by atoms with Gasteiger partial charge in [-0.2, -0.15) is 0 Å². The largest absolute Gasteiger partial charge is 0.491 e. The predicted molar refractivity (Wildman–Crippen MR) is 85.9 cm³/mol. The highest BCUT2D eigenvalue weighted by Crippen LogP contribution is 2.15. The van der Waals surface area contributed by atoms with Crippen molar-refractivity contribution in [2.75, 3.05) is 33.3 Å². The zero-order valence-corrected chi connectivity index (χ0v) is 13.4. The number of piperidine rings is 1. The van der Waals surface area contributed by atoms with Crippen LogP contribution in [0.1, 0.15) is 18.4 Å². The van der Waals surface area contributed by atoms with Gasteiger partial charge in [-0.1, -0.05) is 12.1 Å². The Hall–Kier alpha value is -1.59. The first-order valence-electron chi connectivity index (χ1n) is 7.88. The van der Waals surface area contributed by atoms with E-state index in [-0.39, 0.29) is 25.0 Å². The van der Waals surface area contributed by atoms with Crippen molar-refractivity contribution in [3.05, 3.63) is 29.8 Å². The Morgan fingerprint density at radius 1 is 1.55 bits per heavy atom. The molecule has 2 atom stereocenters. The third-order valence-electron chi connectivity index (χ3n) is 3.94. The normalized spacial score (nSPS) is 20.4. The van der Waals surface area contributed by atoms with Crippen LogP contribution in [0.4, 0.5) is 0 Å². The minimum Gasteiger partial charge on any atom is -0.491 e. The van der Waals surface area contributed by atoms with Gasteiger partial charge in [0.25, 0.3) is 0 Å². The fraction of sp³-hybridized carbons (Fsp3) is 0.588. The zero-order chi connectivity index (χ0) is 15.9. The highest BCUT2D eigenvalue weighted by molar-refractivity contribution is 5.78. The predicted octanol–water partition coefficient (Wildman–Crippen LogP) is 1.19. The van der Waals surface area contributed by atoms with Crippen molar-refractivity contribution >= 4 is 5.91 Å². The first kappa shape index (κ1) is 16.8. The second kappa shape index (κ2) is 8.15. The monoisotopic (exact) mass is 306 g/mol. The Kier molecular flexibility index (Phi) is 6.21. The van der Waals surface area contributed by atoms with Crippen LogP contribution in [0.3, 0.4) is 0 Å². The smallest absolute Gasteiger partial charge is 0.224 e. The molecule has 1 heterocycles. The quantitative estimate of drug-likeness (QED) is 0.829. The highest BCUT2D eigenvalue weighted by Gasteiger charge is 2.24. The second-order valence-corrected chi connectivity index (χ2v) is 6.13. The van der Waals surface area contributed by atoms with Crippen molar-refractivity contribution in [1.82, 2.24) is 10.2 Å². The summed E-state index contributed by atoms with van der Waals surface area (Å²) in [5.74, 6) is 0.795. The van der Waals surface area contributed by atoms with E-state index in [1.165, 1.54) is 0 Å². The van der Waals surface area contributed by atoms with E-state index in [1.54, 1.807) is 0 Å². The van der Waals surface area contributed by atoms with Crippen LogP contribution in [-0.2, 0) is 4.79 Å². The van der Waals surface area contributed by atoms with Gasteiger partial charge in [-0.3, -0.25) is 4.79 Å². The van der Waals surface area contributed by atoms with Crippen LogP contribution in [0.15, 0.2) is 24.3 Å². The molecule has 122 valence electrons. The van der Waals surface area contributed by atoms with Crippen molar-refractivity contribution in [3.63, 3.8) is 0 Å². The molecule has 0 bridgehead atoms. The summed E-state index contributed by atoms with van der Waals surface area (Å²) in [6, 6.07) is 7.68. The average molecular weight is 306 g/mol. The third kappa shape index (κ3) is 5.31. The van der Waals surface area contributed by atoms with Crippen molar-refractivity contribution in [3.8, 4) is 5.75 Å². The molecule has 5 nitrogen and oxygen atoms in total. The van der Waals surface area contributed by atoms with Crippen LogP contribution in [-0.4, -0.2) is 55.3 Å². The van der Waals surface area contributed by atoms with E-state index in [0.29, 0.717) is 0 Å². The molecule has 0 spiro atoms. The van der Waals surface area contributed by atoms with Crippen LogP contribution in [0.2, 0.25) is 0 Å². The van der Waals surface area contributed by atoms with Gasteiger partial charge in [-0.05, 0) is 51.1 Å². The lowest BCUT2D eigenvalue weighted by atomic mass is 9.97. The number of amides is 1. The van der Waals surface area contributed by atoms with Crippen molar-refractivity contribution in [1.29, 1.82) is 0 Å². The number of rotatable bonds is 6. The van der Waals surface area contributed by atoms with Gasteiger partial charge in [-0.15, -0.1) is 0 Å². The Morgan fingerprint density at radius 3 is 3.09 bits per heavy atom. The summed E-state index contributed by atoms with van der Waals surface area (Å²) in [4.78, 5) is 14.2. The topological polar surface area (TPSA) is 61.8 Å². The molecule has 5 heteroatoms. The number of likely N-dealkylation sites (tertiary alicyclic amines) is 1. The van der Waals surface area contributed by atoms with Gasteiger partial charge >= 0.3 is 0 Å². The molecule has 2 rings (SSSR count). The van der Waals surface area contributed by atoms with Gasteiger partial charge < -0.3 is 20.1 Å². The molecule has 2 N–H and O–H groups in total. The molecule has 1 aromatic rings. The summed E-state index contributed by atoms with van der Waals surface area (Å²) < 4.78 is 5.53. The molecular formula is C17H26N2O3. The second-order valence-electron chi connectivity index (χ2n) is 6.13. The summed E-state index contributed by atoms with van der Waals surface area (Å²) in [7, 11) is 2.03. The third-order valence-corrected chi connectivity index (χ3v) is 3.94. The summed E-state index contributed by atoms with van der Waals surface area (Å²) in [5, 5.41) is 12.8. The Bertz CT molecular complexity index is 493. The van der Waals surface area contributed by atoms with Gasteiger partial charge in [-0.25, -0.2) is 0 Å². The number of aryl methyl sites for hydroxylation is 1. The fourth-order valence-electron chi connectivity index (χ4n) is 2.70. The van der Waals surface area contributed by atoms with E-state index in [9.17, 15) is 9.90 Å². The van der Waals surface area contributed by atoms with Crippen LogP contribution in [0.5, 0.6) is 5.75 Å². The number of hydrogen-bond donors (Lipinski definition) is 2. The Balaban J connectivity index is 1.68. The number of benzene rings is 1. The van der Waals surface area contributed by atoms with E-state index in [2.05, 4.69) is 10.2 Å². The number of ether oxygens (including phenoxy) is 1. The number of nitrogens with zero attached hydrogens (tertiary/aromatic N) is 1. The average Bonchev–Trinajstić information content (AvgIpc) is 2.50. The molecule has 1 aromatic carbocycles. The van der Waals surface area contributed by atoms with E-state index >= 15 is 0 Å². The molecule has 1 aliphatic heterocycles. The summed E-state index contributed by atoms with van der Waals surface area (Å²) in [5.41, 5.74) is 1.11. The molecule has 0 radical (unpaired) electrons. The first-order chi connectivity index (χ1) is 10.5. The van der Waals surface area contributed by atoms with Crippen molar-refractivity contribution in [2.24, 2.45) is 5.92 Å². The van der Waals surface area contributed by atoms with Crippen molar-refractivity contribution in [2.45, 2.75) is 25.9 Å². The molecule has 1 saturated heterocycles. The minimum absolute atomic E-state index is 0.0288. The molecule has 1 fully saturated rings. The maximum Gasteiger partial charge on any atom is 0.224 e. The van der Waals surface area contributed by atoms with Crippen LogP contribution < -0.4 is 10.1 Å². The van der Waals surface area contributed by atoms with Gasteiger partial charge in [0.15, 0.2) is 0 Å². The first-order valence-corrected chi connectivity index (χ1v) is 7.88. The van der Waals surface area contributed by atoms with Crippen LogP contribution in [0, 0.1) is 12.8 Å². The number of aliphatic hydroxyl groups is 1. The molecule has 22 heavy (non-hydrogen) atoms. The summed E-state index contributed by atoms with van der Waals surface area (Å²) in [6.45, 7) is 4.24. The Morgan fingerprint density at radius 2 is 2.36 bits per heavy atom. The fourth-order valence-corrected chi connectivity index (χ4v) is 2.70. The van der Waals surface area contributed by atoms with Crippen molar-refractivity contribution < 1.29 is 14.6 Å². The standard InChI is InChI=1S/C17H26N2O3/c1-13-5-3-7-16(9-13)22-12-15(20)10-18-17(21)14-6-4-8-19(2)11-14/h3,5,7,9,14-15,20H,4,6,8,10-12H2,1-2H3,(H,18,21)/t14-,15-/m0/s1. The molecule has 1 aliphatic rings. The molecule has 0 aromatic heterocycles. The van der Waals surface area contributed by atoms with Gasteiger partial charge in [0.2, 0.25) is 5.91 Å². The Labute approximate surface area is 132 Å². The minimum atomic E-state index is -0.703. The van der Waals surface area contributed by atoms with E-state index < -0.39 is 6.10 Å². The van der Waals surface area contributed by atoms with E-state index in [4.69, 9.17) is 4.74 Å². The highest BCUT2D eigenvalue weighted by atomic mass is 16.5. The lowest BCUT2D eigenvalue weighted by molar-refractivity contribution is -0.127. The van der Waals surface area contributed by atoms with Crippen LogP contribution in [0.25, 0.3) is 0 Å². The summed E-state index contributed by atoms with van der Waals surface area (Å²) >= 11 is 0. The van der Waals surface area contributed by atoms with Gasteiger partial charge in [0, 0.05) is 13.1 Å². The number of aliphatic hydroxyl groups excluding tert-OH is 1. The van der Waals surface area contributed by atoms with E-state index in [1.807, 2.05) is 38.2 Å². The number of hydrogen-bond acceptors (Lipinski definition) is 4. The number of nitrogens with one attached hydrogen (secondary N) is 1. The lowest BCUT2D eigenvalue weighted by Gasteiger charge is -2.29. The zero-order valence-electron chi connectivity index (χ0n) is 13.4. The molecule has 0 saturated carbocycles. The maximum atomic E-state index is 12.1. The molecule has 1 amide bonds. The molecule has 0 unspecified atom stereocenters. The van der Waals surface area contributed by atoms with Gasteiger partial charge in [0.1, 0.15) is 18.5 Å². The number of carbonyl (C=O) groups is 1. The van der Waals surface area contributed by atoms with E-state index in [0.717, 1.165) is 37.2 Å². The molecule has 0 aliphatic carbocycles. The van der Waals surface area contributed by atoms with Crippen LogP contribution >= 0.6 is 0 Å². The SMILES string of the molecule is Cc1cccc(OC[C@@H](O)CNC(=O)[C@H]2CCCN(C)C2)c1. The van der Waals surface area contributed by atoms with Gasteiger partial charge in [0.05, 0.1) is 5.92 Å². The lowest BCUT2D eigenvalue weighted by Crippen LogP contribution is -2.44. The molecular weight excluding hydrogens is 280 g/mol. The number of carbonyl (C=O) groups excluding carboxylic acids is 1.